The van der Waals surface area contributed by atoms with E-state index < -0.39 is 0 Å². The van der Waals surface area contributed by atoms with Crippen LogP contribution in [0.1, 0.15) is 57.8 Å². The van der Waals surface area contributed by atoms with Gasteiger partial charge in [-0.05, 0) is 71.5 Å². The monoisotopic (exact) mass is 277 g/mol. The lowest BCUT2D eigenvalue weighted by Gasteiger charge is -2.48. The molecule has 4 aliphatic rings. The van der Waals surface area contributed by atoms with Crippen LogP contribution < -0.4 is 5.32 Å². The first-order valence-corrected chi connectivity index (χ1v) is 9.04. The van der Waals surface area contributed by atoms with E-state index in [1.165, 1.54) is 70.9 Å². The Hall–Kier alpha value is -0.120. The van der Waals surface area contributed by atoms with Crippen molar-refractivity contribution in [2.75, 3.05) is 20.1 Å². The molecule has 114 valence electrons. The molecular formula is C17H31N3. The maximum Gasteiger partial charge on any atom is 0.0252 e. The first kappa shape index (κ1) is 13.5. The van der Waals surface area contributed by atoms with E-state index in [4.69, 9.17) is 0 Å². The molecule has 4 atom stereocenters. The molecule has 0 amide bonds. The molecule has 0 aromatic rings. The van der Waals surface area contributed by atoms with E-state index in [0.717, 1.165) is 30.2 Å². The van der Waals surface area contributed by atoms with Crippen LogP contribution >= 0.6 is 0 Å². The summed E-state index contributed by atoms with van der Waals surface area (Å²) in [7, 11) is 2.37. The fourth-order valence-corrected chi connectivity index (χ4v) is 5.56. The molecule has 1 N–H and O–H groups in total. The number of nitrogens with one attached hydrogen (secondary N) is 1. The summed E-state index contributed by atoms with van der Waals surface area (Å²) in [6, 6.07) is 4.30. The van der Waals surface area contributed by atoms with Crippen LogP contribution in [0, 0.1) is 0 Å². The van der Waals surface area contributed by atoms with E-state index in [1.807, 2.05) is 0 Å². The Bertz CT molecular complexity index is 325. The summed E-state index contributed by atoms with van der Waals surface area (Å²) in [5.74, 6) is 0. The summed E-state index contributed by atoms with van der Waals surface area (Å²) in [6.45, 7) is 2.63. The molecule has 3 nitrogen and oxygen atoms in total. The quantitative estimate of drug-likeness (QED) is 0.835. The summed E-state index contributed by atoms with van der Waals surface area (Å²) in [4.78, 5) is 5.63. The lowest BCUT2D eigenvalue weighted by Crippen LogP contribution is -2.57. The molecule has 4 unspecified atom stereocenters. The van der Waals surface area contributed by atoms with E-state index in [-0.39, 0.29) is 0 Å². The number of nitrogens with zero attached hydrogens (tertiary/aromatic N) is 2. The SMILES string of the molecule is CN1C2CCC1CC(N1CCCCC1C1CCCN1)C2. The number of likely N-dealkylation sites (tertiary alicyclic amines) is 1. The number of hydrogen-bond acceptors (Lipinski definition) is 3. The summed E-state index contributed by atoms with van der Waals surface area (Å²) in [5, 5.41) is 3.79. The van der Waals surface area contributed by atoms with Crippen LogP contribution in [0.5, 0.6) is 0 Å². The fourth-order valence-electron chi connectivity index (χ4n) is 5.56. The third-order valence-corrected chi connectivity index (χ3v) is 6.70. The van der Waals surface area contributed by atoms with E-state index in [9.17, 15) is 0 Å². The van der Waals surface area contributed by atoms with Crippen molar-refractivity contribution < 1.29 is 0 Å². The Kier molecular flexibility index (Phi) is 3.78. The number of rotatable bonds is 2. The Morgan fingerprint density at radius 3 is 2.35 bits per heavy atom. The Labute approximate surface area is 124 Å². The van der Waals surface area contributed by atoms with Crippen LogP contribution in [0.3, 0.4) is 0 Å². The topological polar surface area (TPSA) is 18.5 Å². The van der Waals surface area contributed by atoms with Crippen molar-refractivity contribution in [1.82, 2.24) is 15.1 Å². The highest BCUT2D eigenvalue weighted by Gasteiger charge is 2.43. The Morgan fingerprint density at radius 1 is 0.850 bits per heavy atom. The number of piperidine rings is 2. The molecule has 3 heteroatoms. The second kappa shape index (κ2) is 5.58. The van der Waals surface area contributed by atoms with Gasteiger partial charge >= 0.3 is 0 Å². The maximum atomic E-state index is 3.79. The van der Waals surface area contributed by atoms with Gasteiger partial charge in [0.15, 0.2) is 0 Å². The van der Waals surface area contributed by atoms with Gasteiger partial charge in [-0.2, -0.15) is 0 Å². The predicted octanol–water partition coefficient (Wildman–Crippen LogP) is 2.22. The smallest absolute Gasteiger partial charge is 0.0252 e. The molecule has 4 fully saturated rings. The molecule has 0 radical (unpaired) electrons. The lowest BCUT2D eigenvalue weighted by atomic mass is 9.88. The van der Waals surface area contributed by atoms with E-state index in [1.54, 1.807) is 0 Å². The molecular weight excluding hydrogens is 246 g/mol. The summed E-state index contributed by atoms with van der Waals surface area (Å²) in [6.07, 6.45) is 12.9. The van der Waals surface area contributed by atoms with Crippen molar-refractivity contribution in [3.8, 4) is 0 Å². The average molecular weight is 277 g/mol. The molecule has 0 aliphatic carbocycles. The van der Waals surface area contributed by atoms with E-state index in [2.05, 4.69) is 22.2 Å². The second-order valence-corrected chi connectivity index (χ2v) is 7.68. The Morgan fingerprint density at radius 2 is 1.65 bits per heavy atom. The normalized spacial score (nSPS) is 47.0. The van der Waals surface area contributed by atoms with Crippen molar-refractivity contribution >= 4 is 0 Å². The average Bonchev–Trinajstić information content (AvgIpc) is 3.06. The van der Waals surface area contributed by atoms with Gasteiger partial charge < -0.3 is 10.2 Å². The van der Waals surface area contributed by atoms with Gasteiger partial charge in [-0.15, -0.1) is 0 Å². The minimum absolute atomic E-state index is 0.799. The number of hydrogen-bond donors (Lipinski definition) is 1. The first-order valence-electron chi connectivity index (χ1n) is 9.04. The van der Waals surface area contributed by atoms with E-state index >= 15 is 0 Å². The lowest BCUT2D eigenvalue weighted by molar-refractivity contribution is 0.0187. The van der Waals surface area contributed by atoms with Crippen molar-refractivity contribution in [2.45, 2.75) is 88.0 Å². The molecule has 0 saturated carbocycles. The fraction of sp³-hybridized carbons (Fsp3) is 1.00. The van der Waals surface area contributed by atoms with Crippen molar-refractivity contribution in [2.24, 2.45) is 0 Å². The van der Waals surface area contributed by atoms with Crippen LogP contribution in [0.15, 0.2) is 0 Å². The largest absolute Gasteiger partial charge is 0.312 e. The van der Waals surface area contributed by atoms with Crippen LogP contribution in [-0.4, -0.2) is 60.1 Å². The van der Waals surface area contributed by atoms with E-state index in [0.29, 0.717) is 0 Å². The van der Waals surface area contributed by atoms with Crippen molar-refractivity contribution in [1.29, 1.82) is 0 Å². The minimum atomic E-state index is 0.799. The predicted molar refractivity (Wildman–Crippen MR) is 83.0 cm³/mol. The molecule has 0 aromatic carbocycles. The maximum absolute atomic E-state index is 3.79. The molecule has 4 aliphatic heterocycles. The molecule has 4 rings (SSSR count). The number of fused-ring (bicyclic) bond motifs is 2. The highest BCUT2D eigenvalue weighted by Crippen LogP contribution is 2.38. The van der Waals surface area contributed by atoms with Gasteiger partial charge in [-0.25, -0.2) is 0 Å². The van der Waals surface area contributed by atoms with Gasteiger partial charge in [0.1, 0.15) is 0 Å². The molecule has 4 heterocycles. The van der Waals surface area contributed by atoms with Gasteiger partial charge in [0.05, 0.1) is 0 Å². The first-order chi connectivity index (χ1) is 9.83. The van der Waals surface area contributed by atoms with Gasteiger partial charge in [0.2, 0.25) is 0 Å². The molecule has 0 aromatic heterocycles. The zero-order valence-electron chi connectivity index (χ0n) is 13.1. The van der Waals surface area contributed by atoms with Crippen LogP contribution in [-0.2, 0) is 0 Å². The van der Waals surface area contributed by atoms with Gasteiger partial charge in [0.25, 0.3) is 0 Å². The molecule has 2 bridgehead atoms. The highest BCUT2D eigenvalue weighted by molar-refractivity contribution is 5.00. The third kappa shape index (κ3) is 2.32. The van der Waals surface area contributed by atoms with Crippen molar-refractivity contribution in [3.63, 3.8) is 0 Å². The zero-order valence-corrected chi connectivity index (χ0v) is 13.1. The summed E-state index contributed by atoms with van der Waals surface area (Å²) in [5.41, 5.74) is 0. The molecule has 4 saturated heterocycles. The second-order valence-electron chi connectivity index (χ2n) is 7.68. The highest BCUT2D eigenvalue weighted by atomic mass is 15.3. The standard InChI is InChI=1S/C17H31N3/c1-19-13-7-8-14(19)12-15(11-13)20-10-3-2-6-17(20)16-5-4-9-18-16/h13-18H,2-12H2,1H3. The zero-order chi connectivity index (χ0) is 13.5. The Balaban J connectivity index is 1.47. The summed E-state index contributed by atoms with van der Waals surface area (Å²) < 4.78 is 0. The van der Waals surface area contributed by atoms with Gasteiger partial charge in [0, 0.05) is 30.2 Å². The third-order valence-electron chi connectivity index (χ3n) is 6.70. The van der Waals surface area contributed by atoms with Gasteiger partial charge in [-0.1, -0.05) is 6.42 Å². The molecule has 20 heavy (non-hydrogen) atoms. The van der Waals surface area contributed by atoms with Crippen molar-refractivity contribution in [3.05, 3.63) is 0 Å². The minimum Gasteiger partial charge on any atom is -0.312 e. The van der Waals surface area contributed by atoms with Crippen LogP contribution in [0.4, 0.5) is 0 Å². The molecule has 0 spiro atoms. The van der Waals surface area contributed by atoms with Gasteiger partial charge in [-0.3, -0.25) is 4.90 Å². The van der Waals surface area contributed by atoms with Crippen LogP contribution in [0.25, 0.3) is 0 Å². The summed E-state index contributed by atoms with van der Waals surface area (Å²) >= 11 is 0. The van der Waals surface area contributed by atoms with Crippen LogP contribution in [0.2, 0.25) is 0 Å².